The minimum atomic E-state index is -0.791. The van der Waals surface area contributed by atoms with E-state index in [1.165, 1.54) is 0 Å². The van der Waals surface area contributed by atoms with E-state index in [1.54, 1.807) is 0 Å². The van der Waals surface area contributed by atoms with Crippen molar-refractivity contribution in [3.63, 3.8) is 0 Å². The average Bonchev–Trinajstić information content (AvgIpc) is 2.59. The molecule has 0 aliphatic carbocycles. The number of hydrogen-bond acceptors (Lipinski definition) is 4. The van der Waals surface area contributed by atoms with Crippen LogP contribution in [0.15, 0.2) is 27.2 Å². The summed E-state index contributed by atoms with van der Waals surface area (Å²) in [5, 5.41) is 14.1. The lowest BCUT2D eigenvalue weighted by atomic mass is 10.1. The van der Waals surface area contributed by atoms with Crippen LogP contribution in [0, 0.1) is 0 Å². The molecule has 0 bridgehead atoms. The maximum absolute atomic E-state index is 9.52. The van der Waals surface area contributed by atoms with E-state index in [9.17, 15) is 5.11 Å². The molecule has 1 aromatic heterocycles. The van der Waals surface area contributed by atoms with Crippen LogP contribution in [0.2, 0.25) is 0 Å². The third kappa shape index (κ3) is 1.54. The number of hydrogen-bond donors (Lipinski definition) is 2. The number of halogens is 1. The number of aliphatic hydroxyl groups is 1. The summed E-state index contributed by atoms with van der Waals surface area (Å²) in [5.74, 6) is 0.426. The Morgan fingerprint density at radius 2 is 2.36 bits per heavy atom. The predicted molar refractivity (Wildman–Crippen MR) is 55.7 cm³/mol. The Bertz CT molecular complexity index is 455. The molecular weight excluding hydrogens is 248 g/mol. The highest BCUT2D eigenvalue weighted by atomic mass is 79.9. The van der Waals surface area contributed by atoms with Gasteiger partial charge in [0.2, 0.25) is 0 Å². The second kappa shape index (κ2) is 3.68. The minimum absolute atomic E-state index is 0.125. The molecule has 3 N–H and O–H groups in total. The Kier molecular flexibility index (Phi) is 2.54. The van der Waals surface area contributed by atoms with Crippen LogP contribution in [0.4, 0.5) is 0 Å². The van der Waals surface area contributed by atoms with E-state index >= 15 is 0 Å². The fourth-order valence-corrected chi connectivity index (χ4v) is 1.63. The molecular formula is C9H9BrN2O2. The first-order chi connectivity index (χ1) is 6.72. The van der Waals surface area contributed by atoms with E-state index in [1.807, 2.05) is 18.2 Å². The van der Waals surface area contributed by atoms with Gasteiger partial charge in [-0.15, -0.1) is 0 Å². The summed E-state index contributed by atoms with van der Waals surface area (Å²) in [4.78, 5) is 0. The number of nitrogens with two attached hydrogens (primary N) is 1. The fourth-order valence-electron chi connectivity index (χ4n) is 1.28. The molecule has 1 atom stereocenters. The summed E-state index contributed by atoms with van der Waals surface area (Å²) in [6, 6.07) is 5.53. The number of fused-ring (bicyclic) bond motifs is 1. The van der Waals surface area contributed by atoms with Crippen molar-refractivity contribution in [2.24, 2.45) is 5.73 Å². The molecule has 0 radical (unpaired) electrons. The Labute approximate surface area is 88.8 Å². The highest BCUT2D eigenvalue weighted by Crippen LogP contribution is 2.25. The second-order valence-corrected chi connectivity index (χ2v) is 3.88. The van der Waals surface area contributed by atoms with Crippen molar-refractivity contribution in [1.82, 2.24) is 5.16 Å². The molecule has 0 spiro atoms. The van der Waals surface area contributed by atoms with E-state index in [4.69, 9.17) is 10.3 Å². The third-order valence-corrected chi connectivity index (χ3v) is 2.49. The number of aromatic nitrogens is 1. The topological polar surface area (TPSA) is 72.3 Å². The van der Waals surface area contributed by atoms with E-state index in [0.717, 1.165) is 9.86 Å². The average molecular weight is 257 g/mol. The third-order valence-electron chi connectivity index (χ3n) is 1.99. The van der Waals surface area contributed by atoms with Crippen LogP contribution >= 0.6 is 15.9 Å². The van der Waals surface area contributed by atoms with E-state index in [0.29, 0.717) is 11.3 Å². The van der Waals surface area contributed by atoms with Gasteiger partial charge in [-0.05, 0) is 18.2 Å². The summed E-state index contributed by atoms with van der Waals surface area (Å²) in [5.41, 5.74) is 6.05. The standard InChI is InChI=1S/C9H9BrN2O2/c10-5-1-2-6-7(3-5)12-14-9(6)8(13)4-11/h1-3,8,13H,4,11H2. The lowest BCUT2D eigenvalue weighted by Gasteiger charge is -2.01. The number of benzene rings is 1. The van der Waals surface area contributed by atoms with Crippen molar-refractivity contribution >= 4 is 26.8 Å². The monoisotopic (exact) mass is 256 g/mol. The van der Waals surface area contributed by atoms with Gasteiger partial charge in [0.25, 0.3) is 0 Å². The predicted octanol–water partition coefficient (Wildman–Crippen LogP) is 1.58. The van der Waals surface area contributed by atoms with Crippen LogP contribution in [-0.2, 0) is 0 Å². The van der Waals surface area contributed by atoms with Gasteiger partial charge in [0.05, 0.1) is 0 Å². The van der Waals surface area contributed by atoms with Gasteiger partial charge in [0.1, 0.15) is 11.6 Å². The van der Waals surface area contributed by atoms with Crippen molar-refractivity contribution in [3.05, 3.63) is 28.4 Å². The maximum Gasteiger partial charge on any atom is 0.174 e. The zero-order chi connectivity index (χ0) is 10.1. The summed E-state index contributed by atoms with van der Waals surface area (Å²) in [6.45, 7) is 0.125. The zero-order valence-corrected chi connectivity index (χ0v) is 8.86. The molecule has 1 heterocycles. The molecule has 2 aromatic rings. The fraction of sp³-hybridized carbons (Fsp3) is 0.222. The highest BCUT2D eigenvalue weighted by molar-refractivity contribution is 9.10. The van der Waals surface area contributed by atoms with Crippen LogP contribution < -0.4 is 5.73 Å². The molecule has 14 heavy (non-hydrogen) atoms. The summed E-state index contributed by atoms with van der Waals surface area (Å²) < 4.78 is 5.95. The van der Waals surface area contributed by atoms with Gasteiger partial charge in [-0.1, -0.05) is 21.1 Å². The normalized spacial score (nSPS) is 13.4. The van der Waals surface area contributed by atoms with Gasteiger partial charge in [0.15, 0.2) is 5.76 Å². The number of aliphatic hydroxyl groups excluding tert-OH is 1. The first kappa shape index (κ1) is 9.64. The van der Waals surface area contributed by atoms with E-state index in [2.05, 4.69) is 21.1 Å². The van der Waals surface area contributed by atoms with Gasteiger partial charge in [-0.2, -0.15) is 0 Å². The zero-order valence-electron chi connectivity index (χ0n) is 7.27. The Balaban J connectivity index is 2.58. The molecule has 74 valence electrons. The van der Waals surface area contributed by atoms with Crippen molar-refractivity contribution < 1.29 is 9.63 Å². The maximum atomic E-state index is 9.52. The molecule has 2 rings (SSSR count). The summed E-state index contributed by atoms with van der Waals surface area (Å²) in [6.07, 6.45) is -0.791. The van der Waals surface area contributed by atoms with E-state index in [-0.39, 0.29) is 6.54 Å². The number of nitrogens with zero attached hydrogens (tertiary/aromatic N) is 1. The van der Waals surface area contributed by atoms with Crippen LogP contribution in [0.25, 0.3) is 10.9 Å². The van der Waals surface area contributed by atoms with Gasteiger partial charge in [-0.25, -0.2) is 0 Å². The molecule has 1 unspecified atom stereocenters. The Hall–Kier alpha value is -0.910. The molecule has 0 saturated heterocycles. The molecule has 0 saturated carbocycles. The molecule has 0 aliphatic rings. The quantitative estimate of drug-likeness (QED) is 0.856. The van der Waals surface area contributed by atoms with Gasteiger partial charge in [0, 0.05) is 16.4 Å². The first-order valence-electron chi connectivity index (χ1n) is 4.15. The van der Waals surface area contributed by atoms with Crippen molar-refractivity contribution in [2.45, 2.75) is 6.10 Å². The van der Waals surface area contributed by atoms with Crippen LogP contribution in [0.3, 0.4) is 0 Å². The smallest absolute Gasteiger partial charge is 0.174 e. The lowest BCUT2D eigenvalue weighted by molar-refractivity contribution is 0.149. The Morgan fingerprint density at radius 3 is 3.07 bits per heavy atom. The molecule has 1 aromatic carbocycles. The SMILES string of the molecule is NCC(O)c1onc2cc(Br)ccc12. The summed E-state index contributed by atoms with van der Waals surface area (Å²) in [7, 11) is 0. The first-order valence-corrected chi connectivity index (χ1v) is 4.94. The molecule has 0 aliphatic heterocycles. The van der Waals surface area contributed by atoms with Crippen LogP contribution in [0.5, 0.6) is 0 Å². The van der Waals surface area contributed by atoms with Gasteiger partial charge >= 0.3 is 0 Å². The minimum Gasteiger partial charge on any atom is -0.384 e. The lowest BCUT2D eigenvalue weighted by Crippen LogP contribution is -2.10. The second-order valence-electron chi connectivity index (χ2n) is 2.96. The molecule has 5 heteroatoms. The number of rotatable bonds is 2. The summed E-state index contributed by atoms with van der Waals surface area (Å²) >= 11 is 3.33. The van der Waals surface area contributed by atoms with Crippen molar-refractivity contribution in [3.8, 4) is 0 Å². The van der Waals surface area contributed by atoms with E-state index < -0.39 is 6.10 Å². The molecule has 0 amide bonds. The molecule has 4 nitrogen and oxygen atoms in total. The van der Waals surface area contributed by atoms with Gasteiger partial charge in [-0.3, -0.25) is 0 Å². The highest BCUT2D eigenvalue weighted by Gasteiger charge is 2.15. The van der Waals surface area contributed by atoms with Crippen molar-refractivity contribution in [2.75, 3.05) is 6.54 Å². The molecule has 0 fully saturated rings. The van der Waals surface area contributed by atoms with Crippen molar-refractivity contribution in [1.29, 1.82) is 0 Å². The van der Waals surface area contributed by atoms with Crippen LogP contribution in [0.1, 0.15) is 11.9 Å². The Morgan fingerprint density at radius 1 is 1.57 bits per heavy atom. The van der Waals surface area contributed by atoms with Gasteiger partial charge < -0.3 is 15.4 Å². The largest absolute Gasteiger partial charge is 0.384 e. The van der Waals surface area contributed by atoms with Crippen LogP contribution in [-0.4, -0.2) is 16.8 Å².